The maximum Gasteiger partial charge on any atom is 0.257 e. The molecule has 0 aromatic heterocycles. The first-order valence-electron chi connectivity index (χ1n) is 11.0. The third kappa shape index (κ3) is 3.77. The van der Waals surface area contributed by atoms with Gasteiger partial charge in [-0.05, 0) is 58.1 Å². The Morgan fingerprint density at radius 3 is 2.24 bits per heavy atom. The zero-order valence-corrected chi connectivity index (χ0v) is 20.4. The Morgan fingerprint density at radius 2 is 1.50 bits per heavy atom. The fourth-order valence-corrected chi connectivity index (χ4v) is 5.39. The summed E-state index contributed by atoms with van der Waals surface area (Å²) in [6.45, 7) is 0.511. The second-order valence-electron chi connectivity index (χ2n) is 8.22. The first kappa shape index (κ1) is 22.6. The van der Waals surface area contributed by atoms with Crippen molar-refractivity contribution in [2.45, 2.75) is 12.5 Å². The molecule has 1 atom stereocenters. The molecule has 4 aromatic carbocycles. The number of nitrogens with zero attached hydrogens (tertiary/aromatic N) is 1. The van der Waals surface area contributed by atoms with Crippen molar-refractivity contribution >= 4 is 39.9 Å². The lowest BCUT2D eigenvalue weighted by molar-refractivity contribution is 0.0695. The largest absolute Gasteiger partial charge is 0.493 e. The van der Waals surface area contributed by atoms with Crippen LogP contribution in [0.1, 0.15) is 33.1 Å². The van der Waals surface area contributed by atoms with E-state index >= 15 is 0 Å². The molecule has 0 N–H and O–H groups in total. The topological polar surface area (TPSA) is 38.8 Å². The lowest BCUT2D eigenvalue weighted by atomic mass is 9.85. The van der Waals surface area contributed by atoms with E-state index in [2.05, 4.69) is 24.3 Å². The number of hydrogen-bond donors (Lipinski definition) is 0. The fourth-order valence-electron chi connectivity index (χ4n) is 4.83. The predicted octanol–water partition coefficient (Wildman–Crippen LogP) is 6.95. The Kier molecular flexibility index (Phi) is 6.11. The van der Waals surface area contributed by atoms with Crippen molar-refractivity contribution in [3.63, 3.8) is 0 Å². The third-order valence-electron chi connectivity index (χ3n) is 6.43. The Labute approximate surface area is 208 Å². The summed E-state index contributed by atoms with van der Waals surface area (Å²) in [6.07, 6.45) is 0.671. The van der Waals surface area contributed by atoms with Crippen LogP contribution in [0.5, 0.6) is 11.5 Å². The van der Waals surface area contributed by atoms with Gasteiger partial charge in [0.25, 0.3) is 5.91 Å². The maximum absolute atomic E-state index is 13.9. The van der Waals surface area contributed by atoms with Crippen LogP contribution in [0.25, 0.3) is 10.8 Å². The monoisotopic (exact) mass is 491 g/mol. The molecule has 1 amide bonds. The minimum atomic E-state index is -0.352. The molecule has 34 heavy (non-hydrogen) atoms. The highest BCUT2D eigenvalue weighted by atomic mass is 35.5. The highest BCUT2D eigenvalue weighted by Gasteiger charge is 2.36. The number of rotatable bonds is 4. The highest BCUT2D eigenvalue weighted by molar-refractivity contribution is 6.39. The van der Waals surface area contributed by atoms with Gasteiger partial charge in [-0.2, -0.15) is 0 Å². The minimum Gasteiger partial charge on any atom is -0.493 e. The van der Waals surface area contributed by atoms with Crippen LogP contribution in [-0.4, -0.2) is 31.6 Å². The number of amides is 1. The Bertz CT molecular complexity index is 1380. The normalized spacial score (nSPS) is 15.2. The zero-order valence-electron chi connectivity index (χ0n) is 18.8. The van der Waals surface area contributed by atoms with Crippen LogP contribution in [0.3, 0.4) is 0 Å². The molecule has 1 unspecified atom stereocenters. The van der Waals surface area contributed by atoms with Crippen LogP contribution >= 0.6 is 23.2 Å². The number of hydrogen-bond acceptors (Lipinski definition) is 3. The summed E-state index contributed by atoms with van der Waals surface area (Å²) < 4.78 is 11.2. The molecule has 4 aromatic rings. The van der Waals surface area contributed by atoms with E-state index in [0.29, 0.717) is 40.1 Å². The second-order valence-corrected chi connectivity index (χ2v) is 9.04. The second kappa shape index (κ2) is 9.21. The summed E-state index contributed by atoms with van der Waals surface area (Å²) >= 11 is 12.9. The molecule has 0 saturated carbocycles. The molecule has 5 rings (SSSR count). The van der Waals surface area contributed by atoms with Gasteiger partial charge in [0.15, 0.2) is 11.5 Å². The SMILES string of the molecule is COc1cc2c(cc1OC)C(c1cccc3ccccc13)N(C(=O)c1c(Cl)cccc1Cl)CC2. The molecule has 6 heteroatoms. The molecule has 172 valence electrons. The van der Waals surface area contributed by atoms with Crippen molar-refractivity contribution in [3.8, 4) is 11.5 Å². The molecule has 4 nitrogen and oxygen atoms in total. The van der Waals surface area contributed by atoms with Crippen LogP contribution < -0.4 is 9.47 Å². The summed E-state index contributed by atoms with van der Waals surface area (Å²) in [5.74, 6) is 1.09. The first-order chi connectivity index (χ1) is 16.5. The molecule has 1 aliphatic rings. The van der Waals surface area contributed by atoms with Gasteiger partial charge in [-0.15, -0.1) is 0 Å². The van der Waals surface area contributed by atoms with E-state index in [4.69, 9.17) is 32.7 Å². The number of carbonyl (C=O) groups excluding carboxylic acids is 1. The van der Waals surface area contributed by atoms with Gasteiger partial charge in [0.2, 0.25) is 0 Å². The Balaban J connectivity index is 1.75. The summed E-state index contributed by atoms with van der Waals surface area (Å²) in [7, 11) is 3.25. The summed E-state index contributed by atoms with van der Waals surface area (Å²) in [5, 5.41) is 2.87. The van der Waals surface area contributed by atoms with Gasteiger partial charge in [0.05, 0.1) is 35.9 Å². The molecule has 0 fully saturated rings. The third-order valence-corrected chi connectivity index (χ3v) is 7.06. The molecule has 1 aliphatic heterocycles. The zero-order chi connectivity index (χ0) is 23.8. The van der Waals surface area contributed by atoms with Crippen LogP contribution in [-0.2, 0) is 6.42 Å². The van der Waals surface area contributed by atoms with E-state index in [0.717, 1.165) is 27.5 Å². The average molecular weight is 492 g/mol. The standard InChI is InChI=1S/C28H23Cl2NO3/c1-33-24-15-18-13-14-31(28(32)26-22(29)11-6-12-23(26)30)27(21(18)16-25(24)34-2)20-10-5-8-17-7-3-4-9-19(17)20/h3-12,15-16,27H,13-14H2,1-2H3. The minimum absolute atomic E-state index is 0.200. The van der Waals surface area contributed by atoms with Crippen LogP contribution in [0.15, 0.2) is 72.8 Å². The fraction of sp³-hybridized carbons (Fsp3) is 0.179. The van der Waals surface area contributed by atoms with Crippen molar-refractivity contribution < 1.29 is 14.3 Å². The van der Waals surface area contributed by atoms with Gasteiger partial charge >= 0.3 is 0 Å². The van der Waals surface area contributed by atoms with Crippen LogP contribution in [0.2, 0.25) is 10.0 Å². The first-order valence-corrected chi connectivity index (χ1v) is 11.8. The average Bonchev–Trinajstić information content (AvgIpc) is 2.86. The predicted molar refractivity (Wildman–Crippen MR) is 137 cm³/mol. The number of ether oxygens (including phenoxy) is 2. The lowest BCUT2D eigenvalue weighted by Gasteiger charge is -2.39. The Morgan fingerprint density at radius 1 is 0.853 bits per heavy atom. The van der Waals surface area contributed by atoms with E-state index < -0.39 is 0 Å². The van der Waals surface area contributed by atoms with E-state index in [-0.39, 0.29) is 11.9 Å². The van der Waals surface area contributed by atoms with Crippen LogP contribution in [0, 0.1) is 0 Å². The quantitative estimate of drug-likeness (QED) is 0.310. The Hall–Kier alpha value is -3.21. The molecule has 1 heterocycles. The van der Waals surface area contributed by atoms with E-state index in [1.54, 1.807) is 32.4 Å². The highest BCUT2D eigenvalue weighted by Crippen LogP contribution is 2.44. The van der Waals surface area contributed by atoms with E-state index in [9.17, 15) is 4.79 Å². The number of fused-ring (bicyclic) bond motifs is 2. The van der Waals surface area contributed by atoms with Crippen molar-refractivity contribution in [1.29, 1.82) is 0 Å². The molecular weight excluding hydrogens is 469 g/mol. The van der Waals surface area contributed by atoms with Gasteiger partial charge in [0.1, 0.15) is 0 Å². The van der Waals surface area contributed by atoms with Gasteiger partial charge in [-0.1, -0.05) is 71.7 Å². The van der Waals surface area contributed by atoms with Gasteiger partial charge < -0.3 is 14.4 Å². The molecular formula is C28H23Cl2NO3. The van der Waals surface area contributed by atoms with E-state index in [1.807, 2.05) is 35.2 Å². The summed E-state index contributed by atoms with van der Waals surface area (Å²) in [6, 6.07) is 23.1. The molecule has 0 aliphatic carbocycles. The van der Waals surface area contributed by atoms with Crippen molar-refractivity contribution in [2.75, 3.05) is 20.8 Å². The molecule has 0 saturated heterocycles. The number of halogens is 2. The van der Waals surface area contributed by atoms with Crippen molar-refractivity contribution in [1.82, 2.24) is 4.90 Å². The lowest BCUT2D eigenvalue weighted by Crippen LogP contribution is -2.41. The van der Waals surface area contributed by atoms with Gasteiger partial charge in [-0.3, -0.25) is 4.79 Å². The molecule has 0 bridgehead atoms. The summed E-state index contributed by atoms with van der Waals surface area (Å²) in [4.78, 5) is 15.8. The summed E-state index contributed by atoms with van der Waals surface area (Å²) in [5.41, 5.74) is 3.46. The van der Waals surface area contributed by atoms with Crippen LogP contribution in [0.4, 0.5) is 0 Å². The molecule has 0 spiro atoms. The molecule has 0 radical (unpaired) electrons. The smallest absolute Gasteiger partial charge is 0.257 e. The van der Waals surface area contributed by atoms with Crippen molar-refractivity contribution in [3.05, 3.63) is 105 Å². The van der Waals surface area contributed by atoms with Crippen molar-refractivity contribution in [2.24, 2.45) is 0 Å². The van der Waals surface area contributed by atoms with E-state index in [1.165, 1.54) is 0 Å². The number of methoxy groups -OCH3 is 2. The number of carbonyl (C=O) groups is 1. The van der Waals surface area contributed by atoms with Gasteiger partial charge in [-0.25, -0.2) is 0 Å². The maximum atomic E-state index is 13.9. The van der Waals surface area contributed by atoms with Gasteiger partial charge in [0, 0.05) is 6.54 Å². The number of benzene rings is 4.